The van der Waals surface area contributed by atoms with Crippen molar-refractivity contribution in [2.45, 2.75) is 38.1 Å². The van der Waals surface area contributed by atoms with Gasteiger partial charge in [-0.05, 0) is 48.8 Å². The molecule has 1 N–H and O–H groups in total. The first kappa shape index (κ1) is 12.9. The summed E-state index contributed by atoms with van der Waals surface area (Å²) in [6.45, 7) is 0. The number of nitrogens with one attached hydrogen (secondary N) is 1. The summed E-state index contributed by atoms with van der Waals surface area (Å²) >= 11 is 5.69. The van der Waals surface area contributed by atoms with Crippen molar-refractivity contribution in [3.63, 3.8) is 0 Å². The van der Waals surface area contributed by atoms with Crippen LogP contribution < -0.4 is 5.32 Å². The Hall–Kier alpha value is -1.09. The third kappa shape index (κ3) is 2.76. The van der Waals surface area contributed by atoms with E-state index in [4.69, 9.17) is 11.6 Å². The molecule has 1 aromatic carbocycles. The third-order valence-corrected chi connectivity index (χ3v) is 4.69. The van der Waals surface area contributed by atoms with Crippen molar-refractivity contribution in [1.29, 1.82) is 0 Å². The zero-order valence-electron chi connectivity index (χ0n) is 10.7. The minimum absolute atomic E-state index is 0.0845. The summed E-state index contributed by atoms with van der Waals surface area (Å²) in [6.07, 6.45) is 4.98. The molecule has 0 aliphatic heterocycles. The van der Waals surface area contributed by atoms with E-state index in [9.17, 15) is 9.18 Å². The number of benzene rings is 1. The topological polar surface area (TPSA) is 29.1 Å². The molecule has 2 nitrogen and oxygen atoms in total. The molecule has 0 saturated heterocycles. The summed E-state index contributed by atoms with van der Waals surface area (Å²) in [5.41, 5.74) is 0.407. The number of amides is 1. The molecule has 2 fully saturated rings. The molecule has 3 atom stereocenters. The Balaban J connectivity index is 1.59. The molecule has 0 spiro atoms. The highest BCUT2D eigenvalue weighted by molar-refractivity contribution is 6.30. The van der Waals surface area contributed by atoms with Crippen LogP contribution in [0.3, 0.4) is 0 Å². The zero-order chi connectivity index (χ0) is 13.4. The highest BCUT2D eigenvalue weighted by atomic mass is 35.5. The first-order valence-corrected chi connectivity index (χ1v) is 7.23. The molecule has 1 amide bonds. The molecule has 0 aromatic heterocycles. The average Bonchev–Trinajstić information content (AvgIpc) is 2.95. The van der Waals surface area contributed by atoms with Crippen LogP contribution in [0.2, 0.25) is 5.02 Å². The van der Waals surface area contributed by atoms with Gasteiger partial charge in [0.1, 0.15) is 5.82 Å². The van der Waals surface area contributed by atoms with Gasteiger partial charge in [0.25, 0.3) is 0 Å². The van der Waals surface area contributed by atoms with Crippen LogP contribution in [0.1, 0.15) is 31.2 Å². The standard InChI is InChI=1S/C15H17ClFNO/c16-12-4-3-10(13(17)8-12)7-15(19)18-14-6-9-1-2-11(14)5-9/h3-4,8-9,11,14H,1-2,5-7H2,(H,18,19)/t9-,11+,14-/m0/s1. The Bertz CT molecular complexity index is 505. The van der Waals surface area contributed by atoms with E-state index >= 15 is 0 Å². The van der Waals surface area contributed by atoms with E-state index in [1.807, 2.05) is 0 Å². The van der Waals surface area contributed by atoms with Gasteiger partial charge < -0.3 is 5.32 Å². The number of rotatable bonds is 3. The van der Waals surface area contributed by atoms with Crippen LogP contribution in [-0.4, -0.2) is 11.9 Å². The molecule has 19 heavy (non-hydrogen) atoms. The van der Waals surface area contributed by atoms with Crippen molar-refractivity contribution in [2.24, 2.45) is 11.8 Å². The minimum Gasteiger partial charge on any atom is -0.353 e. The summed E-state index contributed by atoms with van der Waals surface area (Å²) in [5, 5.41) is 3.42. The molecular weight excluding hydrogens is 265 g/mol. The fraction of sp³-hybridized carbons (Fsp3) is 0.533. The van der Waals surface area contributed by atoms with Crippen molar-refractivity contribution in [1.82, 2.24) is 5.32 Å². The Morgan fingerprint density at radius 2 is 2.21 bits per heavy atom. The molecule has 0 radical (unpaired) electrons. The Morgan fingerprint density at radius 1 is 1.37 bits per heavy atom. The van der Waals surface area contributed by atoms with Crippen molar-refractivity contribution in [3.05, 3.63) is 34.6 Å². The van der Waals surface area contributed by atoms with E-state index in [2.05, 4.69) is 5.32 Å². The van der Waals surface area contributed by atoms with Crippen LogP contribution in [-0.2, 0) is 11.2 Å². The SMILES string of the molecule is O=C(Cc1ccc(Cl)cc1F)N[C@H]1C[C@H]2CC[C@@H]1C2. The van der Waals surface area contributed by atoms with Gasteiger partial charge in [0.05, 0.1) is 6.42 Å². The van der Waals surface area contributed by atoms with Crippen LogP contribution in [0.15, 0.2) is 18.2 Å². The lowest BCUT2D eigenvalue weighted by molar-refractivity contribution is -0.121. The Morgan fingerprint density at radius 3 is 2.84 bits per heavy atom. The van der Waals surface area contributed by atoms with Gasteiger partial charge in [0.2, 0.25) is 5.91 Å². The lowest BCUT2D eigenvalue weighted by atomic mass is 9.95. The number of halogens is 2. The monoisotopic (exact) mass is 281 g/mol. The van der Waals surface area contributed by atoms with Gasteiger partial charge in [0, 0.05) is 11.1 Å². The second kappa shape index (κ2) is 5.12. The summed E-state index contributed by atoms with van der Waals surface area (Å²) in [6, 6.07) is 4.76. The van der Waals surface area contributed by atoms with Crippen molar-refractivity contribution in [3.8, 4) is 0 Å². The predicted molar refractivity (Wildman–Crippen MR) is 72.5 cm³/mol. The van der Waals surface area contributed by atoms with Gasteiger partial charge in [0.15, 0.2) is 0 Å². The second-order valence-electron chi connectivity index (χ2n) is 5.76. The molecule has 2 aliphatic carbocycles. The molecule has 2 bridgehead atoms. The van der Waals surface area contributed by atoms with Crippen molar-refractivity contribution in [2.75, 3.05) is 0 Å². The van der Waals surface area contributed by atoms with Crippen LogP contribution in [0.25, 0.3) is 0 Å². The fourth-order valence-electron chi connectivity index (χ4n) is 3.52. The third-order valence-electron chi connectivity index (χ3n) is 4.45. The predicted octanol–water partition coefficient (Wildman–Crippen LogP) is 3.33. The smallest absolute Gasteiger partial charge is 0.224 e. The minimum atomic E-state index is -0.407. The maximum atomic E-state index is 13.6. The number of hydrogen-bond donors (Lipinski definition) is 1. The second-order valence-corrected chi connectivity index (χ2v) is 6.20. The molecule has 3 rings (SSSR count). The number of carbonyl (C=O) groups excluding carboxylic acids is 1. The van der Waals surface area contributed by atoms with Crippen LogP contribution in [0, 0.1) is 17.7 Å². The molecular formula is C15H17ClFNO. The van der Waals surface area contributed by atoms with Crippen LogP contribution in [0.4, 0.5) is 4.39 Å². The first-order valence-electron chi connectivity index (χ1n) is 6.85. The van der Waals surface area contributed by atoms with Crippen LogP contribution >= 0.6 is 11.6 Å². The molecule has 102 valence electrons. The largest absolute Gasteiger partial charge is 0.353 e. The van der Waals surface area contributed by atoms with Crippen LogP contribution in [0.5, 0.6) is 0 Å². The maximum absolute atomic E-state index is 13.6. The first-order chi connectivity index (χ1) is 9.11. The van der Waals surface area contributed by atoms with Crippen molar-refractivity contribution >= 4 is 17.5 Å². The number of carbonyl (C=O) groups is 1. The Kier molecular flexibility index (Phi) is 3.48. The van der Waals surface area contributed by atoms with Gasteiger partial charge in [-0.25, -0.2) is 4.39 Å². The maximum Gasteiger partial charge on any atom is 0.224 e. The molecule has 2 saturated carbocycles. The van der Waals surface area contributed by atoms with E-state index in [-0.39, 0.29) is 12.3 Å². The zero-order valence-corrected chi connectivity index (χ0v) is 11.4. The molecule has 0 heterocycles. The molecule has 0 unspecified atom stereocenters. The van der Waals surface area contributed by atoms with E-state index in [0.29, 0.717) is 22.5 Å². The quantitative estimate of drug-likeness (QED) is 0.905. The van der Waals surface area contributed by atoms with Gasteiger partial charge >= 0.3 is 0 Å². The molecule has 4 heteroatoms. The highest BCUT2D eigenvalue weighted by Gasteiger charge is 2.39. The van der Waals surface area contributed by atoms with Gasteiger partial charge in [-0.3, -0.25) is 4.79 Å². The summed E-state index contributed by atoms with van der Waals surface area (Å²) < 4.78 is 13.6. The average molecular weight is 282 g/mol. The van der Waals surface area contributed by atoms with Gasteiger partial charge in [-0.2, -0.15) is 0 Å². The highest BCUT2D eigenvalue weighted by Crippen LogP contribution is 2.44. The summed E-state index contributed by atoms with van der Waals surface area (Å²) in [7, 11) is 0. The lowest BCUT2D eigenvalue weighted by Crippen LogP contribution is -2.39. The number of hydrogen-bond acceptors (Lipinski definition) is 1. The van der Waals surface area contributed by atoms with E-state index in [1.165, 1.54) is 25.3 Å². The summed E-state index contributed by atoms with van der Waals surface area (Å²) in [4.78, 5) is 12.0. The normalized spacial score (nSPS) is 28.6. The van der Waals surface area contributed by atoms with Gasteiger partial charge in [-0.15, -0.1) is 0 Å². The molecule has 2 aliphatic rings. The fourth-order valence-corrected chi connectivity index (χ4v) is 3.68. The number of fused-ring (bicyclic) bond motifs is 2. The van der Waals surface area contributed by atoms with E-state index in [1.54, 1.807) is 12.1 Å². The van der Waals surface area contributed by atoms with E-state index < -0.39 is 5.82 Å². The van der Waals surface area contributed by atoms with Crippen molar-refractivity contribution < 1.29 is 9.18 Å². The van der Waals surface area contributed by atoms with E-state index in [0.717, 1.165) is 12.3 Å². The Labute approximate surface area is 117 Å². The van der Waals surface area contributed by atoms with Gasteiger partial charge in [-0.1, -0.05) is 24.1 Å². The lowest BCUT2D eigenvalue weighted by Gasteiger charge is -2.22. The summed E-state index contributed by atoms with van der Waals surface area (Å²) in [5.74, 6) is 0.945. The molecule has 1 aromatic rings.